The van der Waals surface area contributed by atoms with Gasteiger partial charge in [-0.2, -0.15) is 0 Å². The summed E-state index contributed by atoms with van der Waals surface area (Å²) in [5, 5.41) is 25.9. The third-order valence-electron chi connectivity index (χ3n) is 6.41. The van der Waals surface area contributed by atoms with Crippen molar-refractivity contribution in [2.24, 2.45) is 23.5 Å². The summed E-state index contributed by atoms with van der Waals surface area (Å²) in [6, 6.07) is -4.21. The maximum Gasteiger partial charge on any atom is 0.326 e. The van der Waals surface area contributed by atoms with E-state index in [0.717, 1.165) is 0 Å². The molecule has 11 nitrogen and oxygen atoms in total. The molecule has 0 aliphatic heterocycles. The van der Waals surface area contributed by atoms with Crippen molar-refractivity contribution < 1.29 is 34.2 Å². The fraction of sp³-hybridized carbons (Fsp3) is 0.783. The highest BCUT2D eigenvalue weighted by atomic mass is 16.4. The zero-order valence-electron chi connectivity index (χ0n) is 21.1. The van der Waals surface area contributed by atoms with Crippen LogP contribution in [-0.4, -0.2) is 64.0 Å². The number of aliphatic carboxylic acids is 2. The lowest BCUT2D eigenvalue weighted by atomic mass is 9.93. The predicted octanol–water partition coefficient (Wildman–Crippen LogP) is 0.856. The topological polar surface area (TPSA) is 188 Å². The smallest absolute Gasteiger partial charge is 0.326 e. The van der Waals surface area contributed by atoms with E-state index in [4.69, 9.17) is 10.8 Å². The number of carbonyl (C=O) groups excluding carboxylic acids is 3. The molecular formula is C23H42N4O7. The number of nitrogens with one attached hydrogen (secondary N) is 3. The van der Waals surface area contributed by atoms with Gasteiger partial charge in [-0.1, -0.05) is 60.8 Å². The molecule has 0 aromatic carbocycles. The Morgan fingerprint density at radius 2 is 1.12 bits per heavy atom. The van der Waals surface area contributed by atoms with Gasteiger partial charge in [0.25, 0.3) is 0 Å². The van der Waals surface area contributed by atoms with Crippen molar-refractivity contribution in [3.8, 4) is 0 Å². The minimum absolute atomic E-state index is 0.0851. The molecule has 7 atom stereocenters. The Kier molecular flexibility index (Phi) is 14.1. The summed E-state index contributed by atoms with van der Waals surface area (Å²) in [5.41, 5.74) is 6.01. The van der Waals surface area contributed by atoms with Crippen molar-refractivity contribution in [3.63, 3.8) is 0 Å². The molecule has 0 bridgehead atoms. The van der Waals surface area contributed by atoms with Gasteiger partial charge in [-0.05, 0) is 24.2 Å². The number of nitrogens with two attached hydrogens (primary N) is 1. The molecule has 3 amide bonds. The lowest BCUT2D eigenvalue weighted by Gasteiger charge is -2.30. The van der Waals surface area contributed by atoms with Crippen LogP contribution in [0.15, 0.2) is 0 Å². The van der Waals surface area contributed by atoms with E-state index in [-0.39, 0.29) is 24.2 Å². The molecule has 0 heterocycles. The number of carboxylic acid groups (broad SMARTS) is 2. The van der Waals surface area contributed by atoms with E-state index in [1.165, 1.54) is 0 Å². The molecule has 0 spiro atoms. The van der Waals surface area contributed by atoms with Crippen molar-refractivity contribution in [1.29, 1.82) is 0 Å². The van der Waals surface area contributed by atoms with Gasteiger partial charge in [0.15, 0.2) is 0 Å². The highest BCUT2D eigenvalue weighted by Crippen LogP contribution is 2.14. The Hall–Kier alpha value is -2.69. The number of rotatable bonds is 16. The second-order valence-corrected chi connectivity index (χ2v) is 8.99. The van der Waals surface area contributed by atoms with E-state index >= 15 is 0 Å². The van der Waals surface area contributed by atoms with Gasteiger partial charge in [0.05, 0.1) is 6.04 Å². The van der Waals surface area contributed by atoms with Crippen molar-refractivity contribution in [1.82, 2.24) is 16.0 Å². The molecule has 0 saturated heterocycles. The second kappa shape index (κ2) is 15.3. The molecule has 0 fully saturated rings. The Balaban J connectivity index is 5.64. The summed E-state index contributed by atoms with van der Waals surface area (Å²) >= 11 is 0. The molecule has 0 aromatic heterocycles. The monoisotopic (exact) mass is 486 g/mol. The number of hydrogen-bond acceptors (Lipinski definition) is 6. The van der Waals surface area contributed by atoms with E-state index in [2.05, 4.69) is 16.0 Å². The minimum Gasteiger partial charge on any atom is -0.481 e. The van der Waals surface area contributed by atoms with Crippen LogP contribution in [0, 0.1) is 17.8 Å². The lowest BCUT2D eigenvalue weighted by molar-refractivity contribution is -0.143. The third kappa shape index (κ3) is 10.1. The first-order valence-corrected chi connectivity index (χ1v) is 11.9. The molecule has 196 valence electrons. The Labute approximate surface area is 201 Å². The van der Waals surface area contributed by atoms with Gasteiger partial charge in [0.2, 0.25) is 17.7 Å². The second-order valence-electron chi connectivity index (χ2n) is 8.99. The average molecular weight is 487 g/mol. The van der Waals surface area contributed by atoms with Gasteiger partial charge in [-0.15, -0.1) is 0 Å². The molecule has 11 heteroatoms. The zero-order valence-corrected chi connectivity index (χ0v) is 21.1. The average Bonchev–Trinajstić information content (AvgIpc) is 2.80. The quantitative estimate of drug-likeness (QED) is 0.185. The SMILES string of the molecule is CCC(C)C(N)C(=O)NC(C(=O)NC(C(=O)NC(CCC(=O)O)C(=O)O)C(C)CC)C(C)CC. The van der Waals surface area contributed by atoms with Gasteiger partial charge in [0.1, 0.15) is 18.1 Å². The van der Waals surface area contributed by atoms with Gasteiger partial charge in [-0.25, -0.2) is 4.79 Å². The van der Waals surface area contributed by atoms with Crippen molar-refractivity contribution >= 4 is 29.7 Å². The van der Waals surface area contributed by atoms with Gasteiger partial charge in [0, 0.05) is 6.42 Å². The first kappa shape index (κ1) is 31.3. The molecule has 7 N–H and O–H groups in total. The highest BCUT2D eigenvalue weighted by Gasteiger charge is 2.34. The van der Waals surface area contributed by atoms with Gasteiger partial charge >= 0.3 is 11.9 Å². The van der Waals surface area contributed by atoms with Crippen LogP contribution in [0.5, 0.6) is 0 Å². The summed E-state index contributed by atoms with van der Waals surface area (Å²) < 4.78 is 0. The van der Waals surface area contributed by atoms with Crippen LogP contribution >= 0.6 is 0 Å². The summed E-state index contributed by atoms with van der Waals surface area (Å²) in [5.74, 6) is -5.01. The van der Waals surface area contributed by atoms with Crippen LogP contribution in [0.1, 0.15) is 73.6 Å². The molecule has 0 radical (unpaired) electrons. The number of carbonyl (C=O) groups is 5. The summed E-state index contributed by atoms with van der Waals surface area (Å²) in [6.07, 6.45) is 1.04. The van der Waals surface area contributed by atoms with E-state index in [0.29, 0.717) is 19.3 Å². The first-order chi connectivity index (χ1) is 15.8. The van der Waals surface area contributed by atoms with Crippen LogP contribution in [0.4, 0.5) is 0 Å². The Morgan fingerprint density at radius 1 is 0.706 bits per heavy atom. The maximum atomic E-state index is 13.2. The summed E-state index contributed by atoms with van der Waals surface area (Å²) in [7, 11) is 0. The third-order valence-corrected chi connectivity index (χ3v) is 6.41. The van der Waals surface area contributed by atoms with Gasteiger partial charge < -0.3 is 31.9 Å². The van der Waals surface area contributed by atoms with Crippen molar-refractivity contribution in [2.75, 3.05) is 0 Å². The Morgan fingerprint density at radius 3 is 1.50 bits per heavy atom. The first-order valence-electron chi connectivity index (χ1n) is 11.9. The van der Waals surface area contributed by atoms with Gasteiger partial charge in [-0.3, -0.25) is 19.2 Å². The molecule has 0 saturated carbocycles. The summed E-state index contributed by atoms with van der Waals surface area (Å²) in [4.78, 5) is 61.0. The fourth-order valence-electron chi connectivity index (χ4n) is 3.20. The van der Waals surface area contributed by atoms with Crippen molar-refractivity contribution in [3.05, 3.63) is 0 Å². The maximum absolute atomic E-state index is 13.2. The van der Waals surface area contributed by atoms with Crippen LogP contribution in [0.25, 0.3) is 0 Å². The molecular weight excluding hydrogens is 444 g/mol. The van der Waals surface area contributed by atoms with Crippen LogP contribution in [0.2, 0.25) is 0 Å². The standard InChI is InChI=1S/C23H42N4O7/c1-7-12(4)17(24)20(30)26-19(14(6)9-3)22(32)27-18(13(5)8-2)21(31)25-15(23(33)34)10-11-16(28)29/h12-15,17-19H,7-11,24H2,1-6H3,(H,25,31)(H,26,30)(H,27,32)(H,28,29)(H,33,34). The minimum atomic E-state index is -1.41. The van der Waals surface area contributed by atoms with Crippen molar-refractivity contribution in [2.45, 2.75) is 97.8 Å². The number of amides is 3. The molecule has 0 aliphatic rings. The summed E-state index contributed by atoms with van der Waals surface area (Å²) in [6.45, 7) is 11.0. The molecule has 0 aromatic rings. The number of carboxylic acids is 2. The largest absolute Gasteiger partial charge is 0.481 e. The van der Waals surface area contributed by atoms with E-state index < -0.39 is 60.2 Å². The van der Waals surface area contributed by atoms with E-state index in [1.807, 2.05) is 27.7 Å². The fourth-order valence-corrected chi connectivity index (χ4v) is 3.20. The zero-order chi connectivity index (χ0) is 26.6. The van der Waals surface area contributed by atoms with Crippen LogP contribution in [-0.2, 0) is 24.0 Å². The molecule has 7 unspecified atom stereocenters. The number of hydrogen-bond donors (Lipinski definition) is 6. The lowest BCUT2D eigenvalue weighted by Crippen LogP contribution is -2.60. The van der Waals surface area contributed by atoms with Crippen LogP contribution in [0.3, 0.4) is 0 Å². The predicted molar refractivity (Wildman–Crippen MR) is 127 cm³/mol. The Bertz CT molecular complexity index is 715. The molecule has 0 rings (SSSR count). The van der Waals surface area contributed by atoms with E-state index in [9.17, 15) is 29.1 Å². The molecule has 34 heavy (non-hydrogen) atoms. The van der Waals surface area contributed by atoms with Crippen LogP contribution < -0.4 is 21.7 Å². The molecule has 0 aliphatic carbocycles. The normalized spacial score (nSPS) is 17.3. The highest BCUT2D eigenvalue weighted by molar-refractivity contribution is 5.94. The van der Waals surface area contributed by atoms with E-state index in [1.54, 1.807) is 13.8 Å².